The maximum absolute atomic E-state index is 12.7. The quantitative estimate of drug-likeness (QED) is 0.786. The van der Waals surface area contributed by atoms with Gasteiger partial charge in [0.1, 0.15) is 0 Å². The topological polar surface area (TPSA) is 38.0 Å². The highest BCUT2D eigenvalue weighted by Gasteiger charge is 2.30. The van der Waals surface area contributed by atoms with Crippen molar-refractivity contribution in [3.63, 3.8) is 0 Å². The number of rotatable bonds is 2. The van der Waals surface area contributed by atoms with E-state index in [2.05, 4.69) is 5.32 Å². The van der Waals surface area contributed by atoms with Crippen molar-refractivity contribution in [2.45, 2.75) is 20.0 Å². The Hall–Kier alpha value is -2.17. The summed E-state index contributed by atoms with van der Waals surface area (Å²) in [6.45, 7) is 3.62. The summed E-state index contributed by atoms with van der Waals surface area (Å²) in [5.41, 5.74) is 8.46. The molecule has 20 heavy (non-hydrogen) atoms. The Morgan fingerprint density at radius 1 is 0.950 bits per heavy atom. The molecule has 0 atom stereocenters. The summed E-state index contributed by atoms with van der Waals surface area (Å²) in [4.78, 5) is 0. The summed E-state index contributed by atoms with van der Waals surface area (Å²) in [6.07, 6.45) is -4.35. The van der Waals surface area contributed by atoms with Gasteiger partial charge >= 0.3 is 6.18 Å². The number of hydrogen-bond acceptors (Lipinski definition) is 2. The van der Waals surface area contributed by atoms with Crippen molar-refractivity contribution in [3.05, 3.63) is 53.1 Å². The minimum absolute atomic E-state index is 0.420. The number of alkyl halides is 3. The first kappa shape index (κ1) is 14.2. The van der Waals surface area contributed by atoms with Crippen LogP contribution in [0, 0.1) is 13.8 Å². The van der Waals surface area contributed by atoms with Crippen LogP contribution in [0.3, 0.4) is 0 Å². The van der Waals surface area contributed by atoms with E-state index in [1.165, 1.54) is 6.07 Å². The fourth-order valence-corrected chi connectivity index (χ4v) is 1.81. The van der Waals surface area contributed by atoms with Crippen LogP contribution in [-0.4, -0.2) is 0 Å². The molecule has 0 bridgehead atoms. The second-order valence-corrected chi connectivity index (χ2v) is 4.72. The van der Waals surface area contributed by atoms with Gasteiger partial charge in [-0.15, -0.1) is 0 Å². The average Bonchev–Trinajstić information content (AvgIpc) is 2.35. The van der Waals surface area contributed by atoms with E-state index in [9.17, 15) is 13.2 Å². The molecular weight excluding hydrogens is 265 g/mol. The van der Waals surface area contributed by atoms with Crippen LogP contribution in [-0.2, 0) is 6.18 Å². The van der Waals surface area contributed by atoms with E-state index in [1.807, 2.05) is 13.0 Å². The van der Waals surface area contributed by atoms with Crippen LogP contribution < -0.4 is 11.1 Å². The predicted octanol–water partition coefficient (Wildman–Crippen LogP) is 4.65. The lowest BCUT2D eigenvalue weighted by atomic mass is 10.1. The van der Waals surface area contributed by atoms with Gasteiger partial charge in [0.25, 0.3) is 0 Å². The number of anilines is 3. The smallest absolute Gasteiger partial charge is 0.398 e. The van der Waals surface area contributed by atoms with Crippen molar-refractivity contribution in [3.8, 4) is 0 Å². The van der Waals surface area contributed by atoms with Gasteiger partial charge in [-0.25, -0.2) is 0 Å². The average molecular weight is 280 g/mol. The van der Waals surface area contributed by atoms with E-state index in [0.717, 1.165) is 23.3 Å². The lowest BCUT2D eigenvalue weighted by Gasteiger charge is -2.14. The molecule has 3 N–H and O–H groups in total. The second kappa shape index (κ2) is 5.07. The monoisotopic (exact) mass is 280 g/mol. The first-order valence-corrected chi connectivity index (χ1v) is 6.08. The molecule has 106 valence electrons. The number of benzene rings is 2. The molecule has 0 aliphatic heterocycles. The van der Waals surface area contributed by atoms with Gasteiger partial charge in [-0.05, 0) is 49.2 Å². The van der Waals surface area contributed by atoms with Crippen LogP contribution in [0.5, 0.6) is 0 Å². The van der Waals surface area contributed by atoms with E-state index < -0.39 is 11.7 Å². The molecule has 2 rings (SSSR count). The van der Waals surface area contributed by atoms with E-state index in [-0.39, 0.29) is 0 Å². The van der Waals surface area contributed by atoms with Crippen LogP contribution in [0.15, 0.2) is 36.4 Å². The highest BCUT2D eigenvalue weighted by Crippen LogP contribution is 2.33. The Kier molecular flexibility index (Phi) is 3.61. The largest absolute Gasteiger partial charge is 0.416 e. The summed E-state index contributed by atoms with van der Waals surface area (Å²) in [6, 6.07) is 8.93. The first-order valence-electron chi connectivity index (χ1n) is 6.08. The van der Waals surface area contributed by atoms with Gasteiger partial charge < -0.3 is 11.1 Å². The number of nitrogen functional groups attached to an aromatic ring is 1. The SMILES string of the molecule is Cc1ccc(Nc2cc(C(F)(F)F)ccc2C)cc1N. The van der Waals surface area contributed by atoms with Crippen molar-refractivity contribution in [2.24, 2.45) is 0 Å². The highest BCUT2D eigenvalue weighted by atomic mass is 19.4. The molecule has 0 heterocycles. The number of halogens is 3. The van der Waals surface area contributed by atoms with Crippen LogP contribution in [0.25, 0.3) is 0 Å². The highest BCUT2D eigenvalue weighted by molar-refractivity contribution is 5.68. The van der Waals surface area contributed by atoms with Crippen molar-refractivity contribution < 1.29 is 13.2 Å². The third-order valence-electron chi connectivity index (χ3n) is 3.12. The van der Waals surface area contributed by atoms with E-state index in [4.69, 9.17) is 5.73 Å². The molecule has 0 aliphatic carbocycles. The molecule has 0 amide bonds. The van der Waals surface area contributed by atoms with Crippen molar-refractivity contribution in [1.82, 2.24) is 0 Å². The van der Waals surface area contributed by atoms with Gasteiger partial charge in [-0.3, -0.25) is 0 Å². The third kappa shape index (κ3) is 3.04. The van der Waals surface area contributed by atoms with Crippen molar-refractivity contribution >= 4 is 17.1 Å². The van der Waals surface area contributed by atoms with Gasteiger partial charge in [0.05, 0.1) is 5.56 Å². The summed E-state index contributed by atoms with van der Waals surface area (Å²) >= 11 is 0. The molecule has 2 nitrogen and oxygen atoms in total. The standard InChI is InChI=1S/C15H15F3N2/c1-9-4-6-12(8-13(9)19)20-14-7-11(15(16,17)18)5-3-10(14)2/h3-8,20H,19H2,1-2H3. The predicted molar refractivity (Wildman–Crippen MR) is 75.1 cm³/mol. The van der Waals surface area contributed by atoms with E-state index >= 15 is 0 Å². The zero-order valence-corrected chi connectivity index (χ0v) is 11.2. The Morgan fingerprint density at radius 2 is 1.60 bits per heavy atom. The van der Waals surface area contributed by atoms with Gasteiger partial charge in [0, 0.05) is 17.1 Å². The van der Waals surface area contributed by atoms with Gasteiger partial charge in [-0.1, -0.05) is 12.1 Å². The summed E-state index contributed by atoms with van der Waals surface area (Å²) in [7, 11) is 0. The fraction of sp³-hybridized carbons (Fsp3) is 0.200. The van der Waals surface area contributed by atoms with E-state index in [0.29, 0.717) is 17.1 Å². The van der Waals surface area contributed by atoms with E-state index in [1.54, 1.807) is 19.1 Å². The van der Waals surface area contributed by atoms with Gasteiger partial charge in [-0.2, -0.15) is 13.2 Å². The summed E-state index contributed by atoms with van der Waals surface area (Å²) in [5.74, 6) is 0. The lowest BCUT2D eigenvalue weighted by molar-refractivity contribution is -0.137. The normalized spacial score (nSPS) is 11.4. The van der Waals surface area contributed by atoms with Crippen molar-refractivity contribution in [2.75, 3.05) is 11.1 Å². The molecule has 0 radical (unpaired) electrons. The molecule has 0 aliphatic rings. The summed E-state index contributed by atoms with van der Waals surface area (Å²) in [5, 5.41) is 2.97. The van der Waals surface area contributed by atoms with Crippen LogP contribution in [0.1, 0.15) is 16.7 Å². The molecule has 0 fully saturated rings. The molecule has 0 aromatic heterocycles. The molecule has 0 spiro atoms. The Bertz CT molecular complexity index is 634. The molecule has 5 heteroatoms. The Balaban J connectivity index is 2.35. The molecule has 0 saturated carbocycles. The molecular formula is C15H15F3N2. The first-order chi connectivity index (χ1) is 9.27. The molecule has 2 aromatic carbocycles. The molecule has 0 unspecified atom stereocenters. The molecule has 0 saturated heterocycles. The van der Waals surface area contributed by atoms with Gasteiger partial charge in [0.2, 0.25) is 0 Å². The van der Waals surface area contributed by atoms with Crippen LogP contribution >= 0.6 is 0 Å². The number of nitrogens with two attached hydrogens (primary N) is 1. The number of nitrogens with one attached hydrogen (secondary N) is 1. The van der Waals surface area contributed by atoms with Crippen LogP contribution in [0.4, 0.5) is 30.2 Å². The second-order valence-electron chi connectivity index (χ2n) is 4.72. The summed E-state index contributed by atoms with van der Waals surface area (Å²) < 4.78 is 38.1. The van der Waals surface area contributed by atoms with Crippen molar-refractivity contribution in [1.29, 1.82) is 0 Å². The maximum atomic E-state index is 12.7. The maximum Gasteiger partial charge on any atom is 0.416 e. The number of aryl methyl sites for hydroxylation is 2. The minimum atomic E-state index is -4.35. The minimum Gasteiger partial charge on any atom is -0.398 e. The Morgan fingerprint density at radius 3 is 2.20 bits per heavy atom. The zero-order chi connectivity index (χ0) is 14.9. The van der Waals surface area contributed by atoms with Gasteiger partial charge in [0.15, 0.2) is 0 Å². The molecule has 2 aromatic rings. The zero-order valence-electron chi connectivity index (χ0n) is 11.2. The number of hydrogen-bond donors (Lipinski definition) is 2. The van der Waals surface area contributed by atoms with Crippen LogP contribution in [0.2, 0.25) is 0 Å². The third-order valence-corrected chi connectivity index (χ3v) is 3.12. The Labute approximate surface area is 115 Å². The lowest BCUT2D eigenvalue weighted by Crippen LogP contribution is -2.06. The fourth-order valence-electron chi connectivity index (χ4n) is 1.81.